The molecule has 4 aromatic rings. The summed E-state index contributed by atoms with van der Waals surface area (Å²) in [6.45, 7) is 0.831. The minimum Gasteiger partial charge on any atom is -0.456 e. The largest absolute Gasteiger partial charge is 0.456 e. The lowest BCUT2D eigenvalue weighted by molar-refractivity contribution is 0.220. The molecule has 2 heterocycles. The Morgan fingerprint density at radius 2 is 0.804 bits per heavy atom. The van der Waals surface area contributed by atoms with Gasteiger partial charge in [-0.05, 0) is 31.1 Å². The van der Waals surface area contributed by atoms with Crippen LogP contribution < -0.4 is 31.9 Å². The van der Waals surface area contributed by atoms with Crippen molar-refractivity contribution in [3.63, 3.8) is 0 Å². The summed E-state index contributed by atoms with van der Waals surface area (Å²) in [5.41, 5.74) is 8.19. The third-order valence-corrected chi connectivity index (χ3v) is 13.0. The van der Waals surface area contributed by atoms with Crippen molar-refractivity contribution in [1.82, 2.24) is 31.9 Å². The molecule has 12 nitrogen and oxygen atoms in total. The smallest absolute Gasteiger partial charge is 0.329 e. The van der Waals surface area contributed by atoms with Crippen molar-refractivity contribution in [2.45, 2.75) is 25.7 Å². The Balaban J connectivity index is 0.891. The van der Waals surface area contributed by atoms with Crippen molar-refractivity contribution in [2.75, 3.05) is 13.1 Å². The van der Waals surface area contributed by atoms with Crippen molar-refractivity contribution >= 4 is 49.7 Å². The third-order valence-electron chi connectivity index (χ3n) is 9.59. The number of carbonyl (C=O) groups is 2. The first kappa shape index (κ1) is 38.6. The second-order valence-electron chi connectivity index (χ2n) is 13.9. The third kappa shape index (κ3) is 10.4. The Bertz CT molecular complexity index is 1960. The van der Waals surface area contributed by atoms with E-state index in [-0.39, 0.29) is 11.8 Å². The lowest BCUT2D eigenvalue weighted by Crippen LogP contribution is -2.45. The van der Waals surface area contributed by atoms with E-state index in [0.717, 1.165) is 47.9 Å². The van der Waals surface area contributed by atoms with Crippen LogP contribution in [0.2, 0.25) is 0 Å². The summed E-state index contributed by atoms with van der Waals surface area (Å²) < 4.78 is 40.3. The van der Waals surface area contributed by atoms with Gasteiger partial charge in [-0.1, -0.05) is 128 Å². The van der Waals surface area contributed by atoms with E-state index in [4.69, 9.17) is 9.47 Å². The molecule has 6 N–H and O–H groups in total. The highest BCUT2D eigenvalue weighted by atomic mass is 31.2. The second-order valence-corrected chi connectivity index (χ2v) is 18.2. The van der Waals surface area contributed by atoms with Crippen LogP contribution in [0.1, 0.15) is 47.9 Å². The maximum absolute atomic E-state index is 14.0. The van der Waals surface area contributed by atoms with Gasteiger partial charge in [0.1, 0.15) is 23.0 Å². The topological polar surface area (TPSA) is 159 Å². The fraction of sp³-hybridized carbons (Fsp3) is 0.190. The maximum atomic E-state index is 14.0. The summed E-state index contributed by atoms with van der Waals surface area (Å²) >= 11 is 0. The Morgan fingerprint density at radius 3 is 1.11 bits per heavy atom. The SMILES string of the molecule is O=C(NC[C@H]1CCC[C@H](CNC(=O)NNP2(=O)C=C(c3ccccc3)OC(c3ccccc3)=C2)C1)NNP1(=O)C=C(c2ccccc2)OC(c2ccccc2)=C1. The molecule has 1 saturated carbocycles. The van der Waals surface area contributed by atoms with Gasteiger partial charge in [0.2, 0.25) is 14.6 Å². The van der Waals surface area contributed by atoms with Gasteiger partial charge < -0.3 is 20.1 Å². The molecule has 0 unspecified atom stereocenters. The highest BCUT2D eigenvalue weighted by Crippen LogP contribution is 2.54. The Kier molecular flexibility index (Phi) is 12.3. The number of ether oxygens (including phenoxy) is 2. The molecule has 0 radical (unpaired) electrons. The van der Waals surface area contributed by atoms with Crippen molar-refractivity contribution in [3.05, 3.63) is 167 Å². The van der Waals surface area contributed by atoms with Crippen LogP contribution in [0.5, 0.6) is 0 Å². The lowest BCUT2D eigenvalue weighted by Gasteiger charge is -2.29. The van der Waals surface area contributed by atoms with Gasteiger partial charge in [0, 0.05) is 58.6 Å². The average molecular weight is 791 g/mol. The monoisotopic (exact) mass is 790 g/mol. The van der Waals surface area contributed by atoms with Gasteiger partial charge in [0.05, 0.1) is 0 Å². The normalized spacial score (nSPS) is 19.6. The standard InChI is InChI=1S/C42H44N6O6P2/c49-41(45-47-55(51)27-37(33-16-5-1-6-17-33)53-38(28-55)34-18-7-2-8-19-34)43-25-31-14-13-15-32(24-31)26-44-42(50)46-48-56(52)29-39(35-20-9-3-10-21-35)54-40(30-56)36-22-11-4-12-23-36/h1-12,16-23,27-32H,13-15,24-26H2,(H,47,51)(H,48,52)(H2,43,45,49)(H2,44,46,50)/t31-,32-/m0/s1. The molecule has 0 saturated heterocycles. The summed E-state index contributed by atoms with van der Waals surface area (Å²) in [7, 11) is -6.80. The molecule has 0 aromatic heterocycles. The Morgan fingerprint density at radius 1 is 0.500 bits per heavy atom. The number of hydrazine groups is 2. The minimum atomic E-state index is -3.40. The number of carbonyl (C=O) groups excluding carboxylic acids is 2. The van der Waals surface area contributed by atoms with E-state index in [1.807, 2.05) is 121 Å². The van der Waals surface area contributed by atoms with E-state index in [9.17, 15) is 18.7 Å². The molecule has 3 aliphatic rings. The molecule has 0 spiro atoms. The van der Waals surface area contributed by atoms with Crippen molar-refractivity contribution < 1.29 is 28.2 Å². The van der Waals surface area contributed by atoms with Crippen LogP contribution >= 0.6 is 14.6 Å². The first-order valence-electron chi connectivity index (χ1n) is 18.5. The summed E-state index contributed by atoms with van der Waals surface area (Å²) in [5, 5.41) is 11.3. The lowest BCUT2D eigenvalue weighted by atomic mass is 9.81. The van der Waals surface area contributed by atoms with Gasteiger partial charge in [0.25, 0.3) is 0 Å². The van der Waals surface area contributed by atoms with E-state index in [1.54, 1.807) is 0 Å². The Labute approximate surface area is 326 Å². The van der Waals surface area contributed by atoms with Gasteiger partial charge in [-0.2, -0.15) is 10.4 Å². The van der Waals surface area contributed by atoms with Crippen LogP contribution in [0.3, 0.4) is 0 Å². The summed E-state index contributed by atoms with van der Waals surface area (Å²) in [5.74, 6) is 8.15. The van der Waals surface area contributed by atoms with Gasteiger partial charge in [-0.15, -0.1) is 0 Å². The average Bonchev–Trinajstić information content (AvgIpc) is 3.24. The highest BCUT2D eigenvalue weighted by molar-refractivity contribution is 7.69. The number of urea groups is 2. The molecule has 0 bridgehead atoms. The van der Waals surface area contributed by atoms with Crippen LogP contribution in [0, 0.1) is 11.8 Å². The molecule has 2 atom stereocenters. The predicted molar refractivity (Wildman–Crippen MR) is 220 cm³/mol. The first-order valence-corrected chi connectivity index (χ1v) is 22.2. The maximum Gasteiger partial charge on any atom is 0.329 e. The number of benzene rings is 4. The van der Waals surface area contributed by atoms with E-state index in [1.165, 1.54) is 23.3 Å². The van der Waals surface area contributed by atoms with Crippen molar-refractivity contribution in [2.24, 2.45) is 11.8 Å². The van der Waals surface area contributed by atoms with E-state index in [0.29, 0.717) is 36.1 Å². The molecule has 4 amide bonds. The van der Waals surface area contributed by atoms with Crippen LogP contribution in [0.15, 0.2) is 145 Å². The molecule has 7 rings (SSSR count). The predicted octanol–water partition coefficient (Wildman–Crippen LogP) is 9.01. The quantitative estimate of drug-likeness (QED) is 0.0613. The molecule has 1 aliphatic carbocycles. The molecule has 1 fully saturated rings. The summed E-state index contributed by atoms with van der Waals surface area (Å²) in [4.78, 5) is 25.8. The Hall–Kier alpha value is -5.64. The summed E-state index contributed by atoms with van der Waals surface area (Å²) in [6, 6.07) is 36.5. The number of amides is 4. The van der Waals surface area contributed by atoms with Crippen LogP contribution in [0.4, 0.5) is 9.59 Å². The minimum absolute atomic E-state index is 0.192. The van der Waals surface area contributed by atoms with Gasteiger partial charge in [0.15, 0.2) is 0 Å². The number of rotatable bonds is 12. The van der Waals surface area contributed by atoms with Crippen LogP contribution in [-0.2, 0) is 18.6 Å². The fourth-order valence-electron chi connectivity index (χ4n) is 6.80. The van der Waals surface area contributed by atoms with E-state index < -0.39 is 26.6 Å². The molecule has 14 heteroatoms. The molecule has 288 valence electrons. The molecular weight excluding hydrogens is 746 g/mol. The van der Waals surface area contributed by atoms with Crippen molar-refractivity contribution in [3.8, 4) is 0 Å². The zero-order valence-electron chi connectivity index (χ0n) is 30.6. The number of hydrogen-bond acceptors (Lipinski definition) is 6. The van der Waals surface area contributed by atoms with Gasteiger partial charge >= 0.3 is 12.1 Å². The van der Waals surface area contributed by atoms with Crippen LogP contribution in [0.25, 0.3) is 23.0 Å². The van der Waals surface area contributed by atoms with Gasteiger partial charge in [-0.3, -0.25) is 20.0 Å². The number of hydrogen-bond donors (Lipinski definition) is 6. The fourth-order valence-corrected chi connectivity index (χ4v) is 9.96. The molecule has 2 aliphatic heterocycles. The molecule has 56 heavy (non-hydrogen) atoms. The molecular formula is C42H44N6O6P2. The second kappa shape index (κ2) is 17.9. The van der Waals surface area contributed by atoms with E-state index >= 15 is 0 Å². The first-order chi connectivity index (χ1) is 27.2. The molecule has 4 aromatic carbocycles. The highest BCUT2D eigenvalue weighted by Gasteiger charge is 2.30. The van der Waals surface area contributed by atoms with E-state index in [2.05, 4.69) is 31.9 Å². The van der Waals surface area contributed by atoms with Crippen LogP contribution in [-0.4, -0.2) is 25.2 Å². The van der Waals surface area contributed by atoms with Gasteiger partial charge in [-0.25, -0.2) is 9.59 Å². The van der Waals surface area contributed by atoms with Crippen molar-refractivity contribution in [1.29, 1.82) is 0 Å². The summed E-state index contributed by atoms with van der Waals surface area (Å²) in [6.07, 6.45) is 3.60. The number of nitrogens with one attached hydrogen (secondary N) is 6. The zero-order valence-corrected chi connectivity index (χ0v) is 32.4. The zero-order chi connectivity index (χ0) is 38.8.